The van der Waals surface area contributed by atoms with E-state index in [0.29, 0.717) is 17.8 Å². The number of rotatable bonds is 4. The molecule has 0 spiro atoms. The average Bonchev–Trinajstić information content (AvgIpc) is 2.39. The van der Waals surface area contributed by atoms with Crippen molar-refractivity contribution in [2.45, 2.75) is 70.4 Å². The van der Waals surface area contributed by atoms with Crippen LogP contribution < -0.4 is 5.32 Å². The van der Waals surface area contributed by atoms with Gasteiger partial charge in [-0.3, -0.25) is 0 Å². The SMILES string of the molecule is CCC(NC1CCCCCCC1)c1ccc(O)cc1. The summed E-state index contributed by atoms with van der Waals surface area (Å²) in [4.78, 5) is 0. The Hall–Kier alpha value is -1.02. The molecule has 0 aliphatic heterocycles. The van der Waals surface area contributed by atoms with Gasteiger partial charge < -0.3 is 10.4 Å². The molecule has 0 heterocycles. The second-order valence-corrected chi connectivity index (χ2v) is 5.76. The minimum Gasteiger partial charge on any atom is -0.508 e. The number of benzene rings is 1. The van der Waals surface area contributed by atoms with Gasteiger partial charge in [-0.15, -0.1) is 0 Å². The smallest absolute Gasteiger partial charge is 0.115 e. The maximum atomic E-state index is 9.38. The lowest BCUT2D eigenvalue weighted by atomic mass is 9.94. The third kappa shape index (κ3) is 4.54. The summed E-state index contributed by atoms with van der Waals surface area (Å²) in [6, 6.07) is 8.75. The van der Waals surface area contributed by atoms with Crippen molar-refractivity contribution in [3.05, 3.63) is 29.8 Å². The molecule has 2 rings (SSSR count). The topological polar surface area (TPSA) is 32.3 Å². The Bertz CT molecular complexity index is 352. The molecule has 1 aliphatic carbocycles. The van der Waals surface area contributed by atoms with Crippen LogP contribution in [-0.4, -0.2) is 11.1 Å². The molecule has 2 N–H and O–H groups in total. The second-order valence-electron chi connectivity index (χ2n) is 5.76. The molecule has 1 aromatic carbocycles. The van der Waals surface area contributed by atoms with E-state index in [-0.39, 0.29) is 0 Å². The molecule has 19 heavy (non-hydrogen) atoms. The zero-order chi connectivity index (χ0) is 13.5. The van der Waals surface area contributed by atoms with Gasteiger partial charge in [0.15, 0.2) is 0 Å². The van der Waals surface area contributed by atoms with E-state index in [2.05, 4.69) is 12.2 Å². The third-order valence-electron chi connectivity index (χ3n) is 4.25. The van der Waals surface area contributed by atoms with E-state index in [1.165, 1.54) is 50.5 Å². The van der Waals surface area contributed by atoms with Gasteiger partial charge in [0.25, 0.3) is 0 Å². The second kappa shape index (κ2) is 7.54. The molecule has 1 unspecified atom stereocenters. The Balaban J connectivity index is 1.95. The van der Waals surface area contributed by atoms with Crippen LogP contribution in [0.2, 0.25) is 0 Å². The first-order valence-corrected chi connectivity index (χ1v) is 7.84. The van der Waals surface area contributed by atoms with Gasteiger partial charge in [0.2, 0.25) is 0 Å². The first kappa shape index (κ1) is 14.4. The zero-order valence-electron chi connectivity index (χ0n) is 12.1. The normalized spacial score (nSPS) is 19.6. The van der Waals surface area contributed by atoms with Crippen molar-refractivity contribution in [1.29, 1.82) is 0 Å². The fraction of sp³-hybridized carbons (Fsp3) is 0.647. The molecule has 1 saturated carbocycles. The number of phenols is 1. The molecule has 0 aromatic heterocycles. The minimum absolute atomic E-state index is 0.351. The summed E-state index contributed by atoms with van der Waals surface area (Å²) in [6.45, 7) is 2.23. The van der Waals surface area contributed by atoms with Gasteiger partial charge in [0.1, 0.15) is 5.75 Å². The predicted octanol–water partition coefficient (Wildman–Crippen LogP) is 4.55. The maximum absolute atomic E-state index is 9.38. The summed E-state index contributed by atoms with van der Waals surface area (Å²) in [5.41, 5.74) is 1.29. The highest BCUT2D eigenvalue weighted by Gasteiger charge is 2.16. The summed E-state index contributed by atoms with van der Waals surface area (Å²) in [6.07, 6.45) is 10.7. The van der Waals surface area contributed by atoms with Gasteiger partial charge in [0, 0.05) is 12.1 Å². The van der Waals surface area contributed by atoms with E-state index in [4.69, 9.17) is 0 Å². The Morgan fingerprint density at radius 2 is 1.63 bits per heavy atom. The van der Waals surface area contributed by atoms with Crippen molar-refractivity contribution in [2.75, 3.05) is 0 Å². The van der Waals surface area contributed by atoms with E-state index in [9.17, 15) is 5.11 Å². The fourth-order valence-electron chi connectivity index (χ4n) is 3.06. The standard InChI is InChI=1S/C17H27NO/c1-2-17(14-10-12-16(19)13-11-14)18-15-8-6-4-3-5-7-9-15/h10-13,15,17-19H,2-9H2,1H3. The van der Waals surface area contributed by atoms with Gasteiger partial charge in [-0.05, 0) is 37.0 Å². The number of hydrogen-bond donors (Lipinski definition) is 2. The van der Waals surface area contributed by atoms with Crippen molar-refractivity contribution >= 4 is 0 Å². The largest absolute Gasteiger partial charge is 0.508 e. The van der Waals surface area contributed by atoms with E-state index >= 15 is 0 Å². The maximum Gasteiger partial charge on any atom is 0.115 e. The molecular formula is C17H27NO. The first-order chi connectivity index (χ1) is 9.29. The van der Waals surface area contributed by atoms with Gasteiger partial charge in [-0.1, -0.05) is 51.2 Å². The highest BCUT2D eigenvalue weighted by atomic mass is 16.3. The Morgan fingerprint density at radius 3 is 2.21 bits per heavy atom. The lowest BCUT2D eigenvalue weighted by Crippen LogP contribution is -2.33. The molecule has 1 aliphatic rings. The van der Waals surface area contributed by atoms with E-state index in [1.807, 2.05) is 12.1 Å². The summed E-state index contributed by atoms with van der Waals surface area (Å²) in [5, 5.41) is 13.2. The average molecular weight is 261 g/mol. The highest BCUT2D eigenvalue weighted by molar-refractivity contribution is 5.28. The summed E-state index contributed by atoms with van der Waals surface area (Å²) in [5.74, 6) is 0.351. The Morgan fingerprint density at radius 1 is 1.05 bits per heavy atom. The molecule has 1 fully saturated rings. The zero-order valence-corrected chi connectivity index (χ0v) is 12.1. The number of aromatic hydroxyl groups is 1. The summed E-state index contributed by atoms with van der Waals surface area (Å²) >= 11 is 0. The lowest BCUT2D eigenvalue weighted by Gasteiger charge is -2.27. The summed E-state index contributed by atoms with van der Waals surface area (Å²) < 4.78 is 0. The molecule has 2 heteroatoms. The van der Waals surface area contributed by atoms with Crippen LogP contribution in [0.4, 0.5) is 0 Å². The highest BCUT2D eigenvalue weighted by Crippen LogP contribution is 2.23. The predicted molar refractivity (Wildman–Crippen MR) is 80.4 cm³/mol. The van der Waals surface area contributed by atoms with Crippen molar-refractivity contribution in [1.82, 2.24) is 5.32 Å². The van der Waals surface area contributed by atoms with Crippen LogP contribution >= 0.6 is 0 Å². The number of hydrogen-bond acceptors (Lipinski definition) is 2. The molecular weight excluding hydrogens is 234 g/mol. The number of nitrogens with one attached hydrogen (secondary N) is 1. The third-order valence-corrected chi connectivity index (χ3v) is 4.25. The van der Waals surface area contributed by atoms with Crippen molar-refractivity contribution in [3.63, 3.8) is 0 Å². The molecule has 0 radical (unpaired) electrons. The molecule has 0 amide bonds. The van der Waals surface area contributed by atoms with Crippen LogP contribution in [0, 0.1) is 0 Å². The first-order valence-electron chi connectivity index (χ1n) is 7.84. The van der Waals surface area contributed by atoms with E-state index in [0.717, 1.165) is 6.42 Å². The van der Waals surface area contributed by atoms with Gasteiger partial charge in [-0.2, -0.15) is 0 Å². The van der Waals surface area contributed by atoms with Crippen LogP contribution in [0.25, 0.3) is 0 Å². The van der Waals surface area contributed by atoms with Crippen LogP contribution in [0.1, 0.15) is 69.9 Å². The van der Waals surface area contributed by atoms with Crippen molar-refractivity contribution < 1.29 is 5.11 Å². The van der Waals surface area contributed by atoms with Crippen LogP contribution in [0.15, 0.2) is 24.3 Å². The molecule has 0 saturated heterocycles. The quantitative estimate of drug-likeness (QED) is 0.833. The van der Waals surface area contributed by atoms with Gasteiger partial charge in [0.05, 0.1) is 0 Å². The van der Waals surface area contributed by atoms with E-state index < -0.39 is 0 Å². The Labute approximate surface area is 117 Å². The molecule has 106 valence electrons. The van der Waals surface area contributed by atoms with Gasteiger partial charge >= 0.3 is 0 Å². The van der Waals surface area contributed by atoms with Crippen molar-refractivity contribution in [2.24, 2.45) is 0 Å². The summed E-state index contributed by atoms with van der Waals surface area (Å²) in [7, 11) is 0. The van der Waals surface area contributed by atoms with E-state index in [1.54, 1.807) is 12.1 Å². The Kier molecular flexibility index (Phi) is 5.71. The molecule has 0 bridgehead atoms. The number of phenolic OH excluding ortho intramolecular Hbond substituents is 1. The van der Waals surface area contributed by atoms with Crippen LogP contribution in [0.3, 0.4) is 0 Å². The fourth-order valence-corrected chi connectivity index (χ4v) is 3.06. The van der Waals surface area contributed by atoms with Crippen molar-refractivity contribution in [3.8, 4) is 5.75 Å². The molecule has 2 nitrogen and oxygen atoms in total. The minimum atomic E-state index is 0.351. The molecule has 1 atom stereocenters. The van der Waals surface area contributed by atoms with Crippen LogP contribution in [0.5, 0.6) is 5.75 Å². The van der Waals surface area contributed by atoms with Crippen LogP contribution in [-0.2, 0) is 0 Å². The lowest BCUT2D eigenvalue weighted by molar-refractivity contribution is 0.349. The van der Waals surface area contributed by atoms with Gasteiger partial charge in [-0.25, -0.2) is 0 Å². The molecule has 1 aromatic rings. The monoisotopic (exact) mass is 261 g/mol.